The van der Waals surface area contributed by atoms with Gasteiger partial charge >= 0.3 is 6.09 Å². The molecule has 1 aromatic heterocycles. The molecular formula is C26H32FN3O4. The Morgan fingerprint density at radius 2 is 1.91 bits per heavy atom. The van der Waals surface area contributed by atoms with Gasteiger partial charge in [-0.25, -0.2) is 14.2 Å². The predicted octanol–water partition coefficient (Wildman–Crippen LogP) is 4.05. The number of nitrogens with one attached hydrogen (secondary N) is 1. The van der Waals surface area contributed by atoms with Crippen molar-refractivity contribution in [2.24, 2.45) is 0 Å². The summed E-state index contributed by atoms with van der Waals surface area (Å²) in [7, 11) is 0. The lowest BCUT2D eigenvalue weighted by Gasteiger charge is -2.34. The Bertz CT molecular complexity index is 1030. The number of hydrogen-bond acceptors (Lipinski definition) is 5. The summed E-state index contributed by atoms with van der Waals surface area (Å²) < 4.78 is 24.5. The van der Waals surface area contributed by atoms with Crippen molar-refractivity contribution in [1.82, 2.24) is 15.2 Å². The van der Waals surface area contributed by atoms with Crippen LogP contribution in [0.4, 0.5) is 9.18 Å². The van der Waals surface area contributed by atoms with Gasteiger partial charge in [-0.3, -0.25) is 4.79 Å². The SMILES string of the molecule is CC(C)(C)OC(=O)N1CCOC(CNC(=O)c2ccc(C3CC3)c(Cc3ccc(F)cc3)n2)C1. The zero-order valence-corrected chi connectivity index (χ0v) is 20.0. The number of nitrogens with zero attached hydrogens (tertiary/aromatic N) is 2. The van der Waals surface area contributed by atoms with Crippen molar-refractivity contribution < 1.29 is 23.5 Å². The number of aromatic nitrogens is 1. The van der Waals surface area contributed by atoms with Gasteiger partial charge in [0.1, 0.15) is 17.1 Å². The number of pyridine rings is 1. The van der Waals surface area contributed by atoms with E-state index < -0.39 is 5.60 Å². The molecule has 1 saturated heterocycles. The fourth-order valence-electron chi connectivity index (χ4n) is 3.97. The highest BCUT2D eigenvalue weighted by molar-refractivity contribution is 5.92. The molecule has 0 bridgehead atoms. The summed E-state index contributed by atoms with van der Waals surface area (Å²) >= 11 is 0. The Labute approximate surface area is 199 Å². The minimum atomic E-state index is -0.566. The fourth-order valence-corrected chi connectivity index (χ4v) is 3.97. The Morgan fingerprint density at radius 1 is 1.18 bits per heavy atom. The van der Waals surface area contributed by atoms with Gasteiger partial charge in [-0.05, 0) is 68.9 Å². The maximum Gasteiger partial charge on any atom is 0.410 e. The van der Waals surface area contributed by atoms with Gasteiger partial charge in [-0.2, -0.15) is 0 Å². The maximum atomic E-state index is 13.3. The number of rotatable bonds is 6. The largest absolute Gasteiger partial charge is 0.444 e. The molecule has 8 heteroatoms. The molecule has 1 unspecified atom stereocenters. The molecular weight excluding hydrogens is 437 g/mol. The molecule has 1 saturated carbocycles. The number of ether oxygens (including phenoxy) is 2. The average Bonchev–Trinajstić information content (AvgIpc) is 3.63. The van der Waals surface area contributed by atoms with Gasteiger partial charge in [0.05, 0.1) is 19.3 Å². The van der Waals surface area contributed by atoms with Gasteiger partial charge in [0, 0.05) is 25.2 Å². The third kappa shape index (κ3) is 6.53. The van der Waals surface area contributed by atoms with E-state index in [1.54, 1.807) is 23.1 Å². The van der Waals surface area contributed by atoms with Crippen LogP contribution in [0.2, 0.25) is 0 Å². The second kappa shape index (κ2) is 10.1. The van der Waals surface area contributed by atoms with E-state index in [9.17, 15) is 14.0 Å². The van der Waals surface area contributed by atoms with Crippen molar-refractivity contribution in [3.63, 3.8) is 0 Å². The van der Waals surface area contributed by atoms with Crippen LogP contribution in [0.15, 0.2) is 36.4 Å². The number of amides is 2. The van der Waals surface area contributed by atoms with Crippen molar-refractivity contribution in [3.05, 3.63) is 64.7 Å². The molecule has 34 heavy (non-hydrogen) atoms. The number of carbonyl (C=O) groups excluding carboxylic acids is 2. The van der Waals surface area contributed by atoms with Gasteiger partial charge < -0.3 is 19.7 Å². The molecule has 2 aliphatic rings. The van der Waals surface area contributed by atoms with E-state index >= 15 is 0 Å². The number of hydrogen-bond donors (Lipinski definition) is 1. The van der Waals surface area contributed by atoms with Crippen molar-refractivity contribution in [1.29, 1.82) is 0 Å². The van der Waals surface area contributed by atoms with E-state index in [1.807, 2.05) is 26.8 Å². The Balaban J connectivity index is 1.38. The number of carbonyl (C=O) groups is 2. The molecule has 2 fully saturated rings. The smallest absolute Gasteiger partial charge is 0.410 e. The van der Waals surface area contributed by atoms with Crippen LogP contribution in [0.5, 0.6) is 0 Å². The topological polar surface area (TPSA) is 80.8 Å². The highest BCUT2D eigenvalue weighted by Gasteiger charge is 2.29. The quantitative estimate of drug-likeness (QED) is 0.690. The molecule has 4 rings (SSSR count). The first-order chi connectivity index (χ1) is 16.2. The van der Waals surface area contributed by atoms with E-state index in [-0.39, 0.29) is 30.5 Å². The second-order valence-electron chi connectivity index (χ2n) is 9.94. The first-order valence-electron chi connectivity index (χ1n) is 11.8. The van der Waals surface area contributed by atoms with Gasteiger partial charge in [-0.15, -0.1) is 0 Å². The Kier molecular flexibility index (Phi) is 7.16. The molecule has 182 valence electrons. The number of halogens is 1. The van der Waals surface area contributed by atoms with E-state index in [4.69, 9.17) is 9.47 Å². The Morgan fingerprint density at radius 3 is 2.59 bits per heavy atom. The summed E-state index contributed by atoms with van der Waals surface area (Å²) in [5, 5.41) is 2.88. The first kappa shape index (κ1) is 24.1. The normalized spacial score (nSPS) is 18.5. The van der Waals surface area contributed by atoms with E-state index in [2.05, 4.69) is 10.3 Å². The zero-order valence-electron chi connectivity index (χ0n) is 20.0. The van der Waals surface area contributed by atoms with Crippen LogP contribution < -0.4 is 5.32 Å². The second-order valence-corrected chi connectivity index (χ2v) is 9.94. The molecule has 0 radical (unpaired) electrons. The summed E-state index contributed by atoms with van der Waals surface area (Å²) in [4.78, 5) is 31.5. The van der Waals surface area contributed by atoms with Crippen LogP contribution in [-0.2, 0) is 15.9 Å². The van der Waals surface area contributed by atoms with E-state index in [0.29, 0.717) is 37.7 Å². The van der Waals surface area contributed by atoms with Crippen LogP contribution in [-0.4, -0.2) is 59.8 Å². The lowest BCUT2D eigenvalue weighted by atomic mass is 10.0. The molecule has 2 aromatic rings. The molecule has 2 amide bonds. The molecule has 0 spiro atoms. The lowest BCUT2D eigenvalue weighted by Crippen LogP contribution is -2.50. The van der Waals surface area contributed by atoms with Crippen molar-refractivity contribution in [2.45, 2.75) is 57.7 Å². The van der Waals surface area contributed by atoms with Crippen LogP contribution in [0, 0.1) is 5.82 Å². The van der Waals surface area contributed by atoms with Crippen molar-refractivity contribution >= 4 is 12.0 Å². The predicted molar refractivity (Wildman–Crippen MR) is 125 cm³/mol. The molecule has 1 N–H and O–H groups in total. The lowest BCUT2D eigenvalue weighted by molar-refractivity contribution is -0.0404. The molecule has 2 heterocycles. The number of morpholine rings is 1. The molecule has 1 aromatic carbocycles. The minimum absolute atomic E-state index is 0.261. The maximum absolute atomic E-state index is 13.3. The van der Waals surface area contributed by atoms with Crippen LogP contribution in [0.1, 0.15) is 66.8 Å². The highest BCUT2D eigenvalue weighted by Crippen LogP contribution is 2.41. The Hall–Kier alpha value is -3.00. The van der Waals surface area contributed by atoms with E-state index in [0.717, 1.165) is 29.7 Å². The summed E-state index contributed by atoms with van der Waals surface area (Å²) in [5.74, 6) is -0.0855. The van der Waals surface area contributed by atoms with Gasteiger partial charge in [-0.1, -0.05) is 18.2 Å². The zero-order chi connectivity index (χ0) is 24.3. The fraction of sp³-hybridized carbons (Fsp3) is 0.500. The van der Waals surface area contributed by atoms with Crippen molar-refractivity contribution in [3.8, 4) is 0 Å². The highest BCUT2D eigenvalue weighted by atomic mass is 19.1. The molecule has 1 aliphatic heterocycles. The first-order valence-corrected chi connectivity index (χ1v) is 11.8. The monoisotopic (exact) mass is 469 g/mol. The molecule has 1 atom stereocenters. The third-order valence-corrected chi connectivity index (χ3v) is 5.82. The summed E-state index contributed by atoms with van der Waals surface area (Å²) in [6.45, 7) is 6.93. The van der Waals surface area contributed by atoms with E-state index in [1.165, 1.54) is 12.1 Å². The van der Waals surface area contributed by atoms with Gasteiger partial charge in [0.25, 0.3) is 5.91 Å². The molecule has 1 aliphatic carbocycles. The summed E-state index contributed by atoms with van der Waals surface area (Å²) in [5.41, 5.74) is 2.73. The summed E-state index contributed by atoms with van der Waals surface area (Å²) in [6.07, 6.45) is 2.08. The van der Waals surface area contributed by atoms with Crippen LogP contribution in [0.25, 0.3) is 0 Å². The van der Waals surface area contributed by atoms with Crippen molar-refractivity contribution in [2.75, 3.05) is 26.2 Å². The molecule has 7 nitrogen and oxygen atoms in total. The van der Waals surface area contributed by atoms with Crippen LogP contribution >= 0.6 is 0 Å². The summed E-state index contributed by atoms with van der Waals surface area (Å²) in [6, 6.07) is 10.1. The number of benzene rings is 1. The van der Waals surface area contributed by atoms with Crippen LogP contribution in [0.3, 0.4) is 0 Å². The standard InChI is InChI=1S/C26H32FN3O4/c1-26(2,3)34-25(32)30-12-13-33-20(16-30)15-28-24(31)22-11-10-21(18-6-7-18)23(29-22)14-17-4-8-19(27)9-5-17/h4-5,8-11,18,20H,6-7,12-16H2,1-3H3,(H,28,31). The third-order valence-electron chi connectivity index (χ3n) is 5.82. The minimum Gasteiger partial charge on any atom is -0.444 e. The van der Waals surface area contributed by atoms with Gasteiger partial charge in [0.2, 0.25) is 0 Å². The van der Waals surface area contributed by atoms with Gasteiger partial charge in [0.15, 0.2) is 0 Å². The average molecular weight is 470 g/mol.